The first-order chi connectivity index (χ1) is 17.8. The van der Waals surface area contributed by atoms with Crippen LogP contribution in [0.15, 0.2) is 42.5 Å². The second-order valence-corrected chi connectivity index (χ2v) is 10.8. The van der Waals surface area contributed by atoms with Crippen LogP contribution in [0.1, 0.15) is 35.0 Å². The molecule has 2 N–H and O–H groups in total. The minimum Gasteiger partial charge on any atom is -0.494 e. The molecule has 9 heteroatoms. The third-order valence-corrected chi connectivity index (χ3v) is 8.82. The molecule has 2 saturated heterocycles. The number of thiophene rings is 1. The number of hydrogen-bond acceptors (Lipinski definition) is 6. The van der Waals surface area contributed by atoms with Gasteiger partial charge in [0, 0.05) is 35.0 Å². The maximum Gasteiger partial charge on any atom is 0.263 e. The number of hydrogen-bond donors (Lipinski definition) is 1. The molecule has 6 nitrogen and oxygen atoms in total. The minimum absolute atomic E-state index is 0.00220. The van der Waals surface area contributed by atoms with Crippen molar-refractivity contribution in [1.29, 1.82) is 5.26 Å². The van der Waals surface area contributed by atoms with Crippen molar-refractivity contribution in [3.63, 3.8) is 0 Å². The van der Waals surface area contributed by atoms with E-state index in [1.54, 1.807) is 18.2 Å². The van der Waals surface area contributed by atoms with Gasteiger partial charge in [0.25, 0.3) is 5.91 Å². The summed E-state index contributed by atoms with van der Waals surface area (Å²) in [7, 11) is 1.39. The molecule has 3 heterocycles. The molecule has 0 bridgehead atoms. The molecule has 1 aromatic heterocycles. The van der Waals surface area contributed by atoms with Gasteiger partial charge in [0.1, 0.15) is 11.9 Å². The van der Waals surface area contributed by atoms with Gasteiger partial charge in [-0.3, -0.25) is 4.79 Å². The molecular weight excluding hydrogens is 496 g/mol. The van der Waals surface area contributed by atoms with E-state index >= 15 is 0 Å². The molecule has 5 rings (SSSR count). The number of carbonyl (C=O) groups is 1. The van der Waals surface area contributed by atoms with E-state index in [4.69, 9.17) is 20.5 Å². The van der Waals surface area contributed by atoms with Crippen LogP contribution < -0.4 is 10.5 Å². The van der Waals surface area contributed by atoms with E-state index in [9.17, 15) is 13.6 Å². The Bertz CT molecular complexity index is 1390. The van der Waals surface area contributed by atoms with E-state index in [-0.39, 0.29) is 34.8 Å². The molecule has 0 saturated carbocycles. The lowest BCUT2D eigenvalue weighted by Gasteiger charge is -2.41. The van der Waals surface area contributed by atoms with E-state index in [1.165, 1.54) is 42.7 Å². The number of carbonyl (C=O) groups excluding carboxylic acids is 1. The summed E-state index contributed by atoms with van der Waals surface area (Å²) in [5, 5.41) is 9.11. The first kappa shape index (κ1) is 25.3. The van der Waals surface area contributed by atoms with E-state index in [0.29, 0.717) is 46.1 Å². The molecule has 0 aliphatic carbocycles. The summed E-state index contributed by atoms with van der Waals surface area (Å²) in [4.78, 5) is 16.5. The fourth-order valence-corrected chi connectivity index (χ4v) is 6.43. The van der Waals surface area contributed by atoms with Gasteiger partial charge < -0.3 is 20.1 Å². The number of likely N-dealkylation sites (tertiary alicyclic amines) is 1. The van der Waals surface area contributed by atoms with Crippen LogP contribution in [-0.4, -0.2) is 49.8 Å². The normalized spacial score (nSPS) is 20.7. The Morgan fingerprint density at radius 2 is 1.86 bits per heavy atom. The Morgan fingerprint density at radius 3 is 2.46 bits per heavy atom. The molecule has 37 heavy (non-hydrogen) atoms. The molecule has 1 spiro atoms. The van der Waals surface area contributed by atoms with Crippen LogP contribution in [0.5, 0.6) is 5.75 Å². The van der Waals surface area contributed by atoms with Gasteiger partial charge in [0.15, 0.2) is 11.6 Å². The summed E-state index contributed by atoms with van der Waals surface area (Å²) in [6.07, 6.45) is 1.53. The zero-order valence-electron chi connectivity index (χ0n) is 20.6. The number of amides is 1. The van der Waals surface area contributed by atoms with Crippen LogP contribution in [0.2, 0.25) is 0 Å². The summed E-state index contributed by atoms with van der Waals surface area (Å²) in [5.41, 5.74) is 7.88. The molecule has 2 unspecified atom stereocenters. The van der Waals surface area contributed by atoms with Gasteiger partial charge in [-0.15, -0.1) is 11.3 Å². The third-order valence-electron chi connectivity index (χ3n) is 7.65. The van der Waals surface area contributed by atoms with E-state index in [0.717, 1.165) is 12.8 Å². The van der Waals surface area contributed by atoms with E-state index < -0.39 is 11.6 Å². The quantitative estimate of drug-likeness (QED) is 0.507. The van der Waals surface area contributed by atoms with Crippen molar-refractivity contribution in [2.24, 2.45) is 11.1 Å². The smallest absolute Gasteiger partial charge is 0.263 e. The largest absolute Gasteiger partial charge is 0.494 e. The van der Waals surface area contributed by atoms with Crippen LogP contribution in [0.25, 0.3) is 21.6 Å². The highest BCUT2D eigenvalue weighted by molar-refractivity contribution is 7.18. The standard InChI is InChI=1S/C28H27F2N3O3S/c1-16-26(32)28(15-36-16)7-9-33(10-8-28)27(34)24-13-20(17-3-4-19(14-31)21(29)11-17)25(37-24)18-5-6-23(35-2)22(30)12-18/h3-6,11-13,16,26H,7-10,15,32H2,1-2H3. The summed E-state index contributed by atoms with van der Waals surface area (Å²) in [5.74, 6) is -1.22. The molecule has 2 fully saturated rings. The fraction of sp³-hybridized carbons (Fsp3) is 0.357. The monoisotopic (exact) mass is 523 g/mol. The van der Waals surface area contributed by atoms with Gasteiger partial charge in [-0.2, -0.15) is 5.26 Å². The Kier molecular flexibility index (Phi) is 6.75. The molecule has 3 aromatic rings. The first-order valence-electron chi connectivity index (χ1n) is 12.1. The van der Waals surface area contributed by atoms with Crippen molar-refractivity contribution >= 4 is 17.2 Å². The van der Waals surface area contributed by atoms with Gasteiger partial charge in [-0.1, -0.05) is 6.07 Å². The number of methoxy groups -OCH3 is 1. The number of ether oxygens (including phenoxy) is 2. The van der Waals surface area contributed by atoms with E-state index in [2.05, 4.69) is 0 Å². The van der Waals surface area contributed by atoms with Crippen molar-refractivity contribution in [2.45, 2.75) is 31.9 Å². The number of halogens is 2. The minimum atomic E-state index is -0.656. The number of nitrogens with two attached hydrogens (primary N) is 1. The summed E-state index contributed by atoms with van der Waals surface area (Å²) < 4.78 is 39.9. The third kappa shape index (κ3) is 4.50. The lowest BCUT2D eigenvalue weighted by molar-refractivity contribution is 0.0497. The summed E-state index contributed by atoms with van der Waals surface area (Å²) in [6, 6.07) is 12.4. The first-order valence-corrected chi connectivity index (χ1v) is 12.9. The summed E-state index contributed by atoms with van der Waals surface area (Å²) in [6.45, 7) is 3.72. The molecule has 0 radical (unpaired) electrons. The zero-order valence-corrected chi connectivity index (χ0v) is 21.4. The van der Waals surface area contributed by atoms with Gasteiger partial charge in [0.2, 0.25) is 0 Å². The highest BCUT2D eigenvalue weighted by Gasteiger charge is 2.48. The van der Waals surface area contributed by atoms with Gasteiger partial charge >= 0.3 is 0 Å². The average molecular weight is 524 g/mol. The molecule has 2 atom stereocenters. The highest BCUT2D eigenvalue weighted by atomic mass is 32.1. The van der Waals surface area contributed by atoms with Crippen LogP contribution >= 0.6 is 11.3 Å². The SMILES string of the molecule is COc1ccc(-c2sc(C(=O)N3CCC4(CC3)COC(C)C4N)cc2-c2ccc(C#N)c(F)c2)cc1F. The Balaban J connectivity index is 1.49. The van der Waals surface area contributed by atoms with Gasteiger partial charge in [-0.05, 0) is 67.3 Å². The van der Waals surface area contributed by atoms with Crippen molar-refractivity contribution in [3.8, 4) is 33.4 Å². The Morgan fingerprint density at radius 1 is 1.16 bits per heavy atom. The molecule has 1 amide bonds. The van der Waals surface area contributed by atoms with E-state index in [1.807, 2.05) is 17.9 Å². The van der Waals surface area contributed by atoms with Gasteiger partial charge in [0.05, 0.1) is 30.3 Å². The van der Waals surface area contributed by atoms with Gasteiger partial charge in [-0.25, -0.2) is 8.78 Å². The lowest BCUT2D eigenvalue weighted by Crippen LogP contribution is -2.51. The predicted molar refractivity (Wildman–Crippen MR) is 137 cm³/mol. The fourth-order valence-electron chi connectivity index (χ4n) is 5.29. The van der Waals surface area contributed by atoms with Crippen LogP contribution in [-0.2, 0) is 4.74 Å². The molecule has 2 aliphatic heterocycles. The second kappa shape index (κ2) is 9.86. The number of benzene rings is 2. The lowest BCUT2D eigenvalue weighted by atomic mass is 9.73. The number of nitrogens with zero attached hydrogens (tertiary/aromatic N) is 2. The van der Waals surface area contributed by atoms with Crippen LogP contribution in [0, 0.1) is 28.4 Å². The average Bonchev–Trinajstić information content (AvgIpc) is 3.47. The van der Waals surface area contributed by atoms with Crippen LogP contribution in [0.3, 0.4) is 0 Å². The second-order valence-electron chi connectivity index (χ2n) is 9.71. The number of nitriles is 1. The summed E-state index contributed by atoms with van der Waals surface area (Å²) >= 11 is 1.24. The van der Waals surface area contributed by atoms with Crippen molar-refractivity contribution in [3.05, 3.63) is 64.5 Å². The van der Waals surface area contributed by atoms with Crippen molar-refractivity contribution in [2.75, 3.05) is 26.8 Å². The predicted octanol–water partition coefficient (Wildman–Crippen LogP) is 5.21. The Labute approximate surface area is 218 Å². The van der Waals surface area contributed by atoms with Crippen molar-refractivity contribution < 1.29 is 23.0 Å². The molecule has 192 valence electrons. The maximum atomic E-state index is 14.6. The zero-order chi connectivity index (χ0) is 26.3. The highest BCUT2D eigenvalue weighted by Crippen LogP contribution is 2.44. The molecule has 2 aromatic carbocycles. The number of piperidine rings is 1. The topological polar surface area (TPSA) is 88.6 Å². The maximum absolute atomic E-state index is 14.6. The molecule has 2 aliphatic rings. The molecular formula is C28H27F2N3O3S. The van der Waals surface area contributed by atoms with Crippen LogP contribution in [0.4, 0.5) is 8.78 Å². The Hall–Kier alpha value is -3.32. The van der Waals surface area contributed by atoms with Crippen molar-refractivity contribution in [1.82, 2.24) is 4.90 Å². The number of rotatable bonds is 4.